The third kappa shape index (κ3) is 3.07. The lowest BCUT2D eigenvalue weighted by Gasteiger charge is -2.11. The molecule has 0 radical (unpaired) electrons. The lowest BCUT2D eigenvalue weighted by molar-refractivity contribution is 0.0384. The zero-order valence-electron chi connectivity index (χ0n) is 10.6. The highest BCUT2D eigenvalue weighted by atomic mass is 16.6. The minimum atomic E-state index is -0.662. The van der Waals surface area contributed by atoms with Gasteiger partial charge in [-0.25, -0.2) is 4.79 Å². The Morgan fingerprint density at radius 2 is 1.94 bits per heavy atom. The standard InChI is InChI=1S/C13H16O5/c1-8-10(9(2)14)4-5-11(15)12(8)13(16)18-7-6-17-3/h4-5,15H,6-7H2,1-3H3. The Labute approximate surface area is 105 Å². The number of carbonyl (C=O) groups excluding carboxylic acids is 2. The first-order chi connectivity index (χ1) is 8.49. The summed E-state index contributed by atoms with van der Waals surface area (Å²) in [6.07, 6.45) is 0. The molecule has 0 saturated heterocycles. The maximum absolute atomic E-state index is 11.8. The van der Waals surface area contributed by atoms with E-state index in [0.717, 1.165) is 0 Å². The molecule has 5 nitrogen and oxygen atoms in total. The molecule has 5 heteroatoms. The number of hydrogen-bond acceptors (Lipinski definition) is 5. The normalized spacial score (nSPS) is 10.2. The summed E-state index contributed by atoms with van der Waals surface area (Å²) in [5.41, 5.74) is 0.843. The number of Topliss-reactive ketones (excluding diaryl/α,β-unsaturated/α-hetero) is 1. The second kappa shape index (κ2) is 6.16. The van der Waals surface area contributed by atoms with Crippen molar-refractivity contribution in [3.8, 4) is 5.75 Å². The predicted octanol–water partition coefficient (Wildman–Crippen LogP) is 1.71. The number of phenolic OH excluding ortho intramolecular Hbond substituents is 1. The van der Waals surface area contributed by atoms with Gasteiger partial charge in [-0.1, -0.05) is 0 Å². The van der Waals surface area contributed by atoms with Crippen LogP contribution in [-0.4, -0.2) is 37.2 Å². The summed E-state index contributed by atoms with van der Waals surface area (Å²) >= 11 is 0. The van der Waals surface area contributed by atoms with Gasteiger partial charge in [0.25, 0.3) is 0 Å². The smallest absolute Gasteiger partial charge is 0.342 e. The molecule has 0 saturated carbocycles. The van der Waals surface area contributed by atoms with Crippen LogP contribution in [0.25, 0.3) is 0 Å². The van der Waals surface area contributed by atoms with Gasteiger partial charge in [0.05, 0.1) is 6.61 Å². The van der Waals surface area contributed by atoms with Crippen molar-refractivity contribution in [2.24, 2.45) is 0 Å². The van der Waals surface area contributed by atoms with E-state index < -0.39 is 5.97 Å². The molecule has 0 aromatic heterocycles. The summed E-state index contributed by atoms with van der Waals surface area (Å²) in [7, 11) is 1.49. The van der Waals surface area contributed by atoms with E-state index in [1.165, 1.54) is 26.2 Å². The highest BCUT2D eigenvalue weighted by Crippen LogP contribution is 2.25. The molecule has 0 aliphatic rings. The molecule has 18 heavy (non-hydrogen) atoms. The molecule has 1 rings (SSSR count). The summed E-state index contributed by atoms with van der Waals surface area (Å²) in [5.74, 6) is -1.02. The van der Waals surface area contributed by atoms with Gasteiger partial charge in [0.1, 0.15) is 17.9 Å². The van der Waals surface area contributed by atoms with Crippen molar-refractivity contribution in [2.75, 3.05) is 20.3 Å². The van der Waals surface area contributed by atoms with Crippen LogP contribution in [0.2, 0.25) is 0 Å². The highest BCUT2D eigenvalue weighted by molar-refractivity contribution is 6.01. The molecule has 0 spiro atoms. The summed E-state index contributed by atoms with van der Waals surface area (Å²) in [4.78, 5) is 23.1. The van der Waals surface area contributed by atoms with Gasteiger partial charge >= 0.3 is 5.97 Å². The van der Waals surface area contributed by atoms with Crippen molar-refractivity contribution < 1.29 is 24.2 Å². The van der Waals surface area contributed by atoms with Gasteiger partial charge < -0.3 is 14.6 Å². The molecule has 0 bridgehead atoms. The van der Waals surface area contributed by atoms with Gasteiger partial charge in [-0.05, 0) is 31.5 Å². The minimum Gasteiger partial charge on any atom is -0.507 e. The Hall–Kier alpha value is -1.88. The molecule has 0 heterocycles. The molecule has 0 fully saturated rings. The average Bonchev–Trinajstić information content (AvgIpc) is 2.28. The van der Waals surface area contributed by atoms with Crippen LogP contribution in [0.3, 0.4) is 0 Å². The second-order valence-electron chi connectivity index (χ2n) is 3.82. The number of methoxy groups -OCH3 is 1. The summed E-state index contributed by atoms with van der Waals surface area (Å²) in [5, 5.41) is 9.68. The number of esters is 1. The van der Waals surface area contributed by atoms with Gasteiger partial charge in [-0.2, -0.15) is 0 Å². The van der Waals surface area contributed by atoms with E-state index in [0.29, 0.717) is 11.1 Å². The van der Waals surface area contributed by atoms with Crippen molar-refractivity contribution in [1.82, 2.24) is 0 Å². The Kier molecular flexibility index (Phi) is 4.85. The Morgan fingerprint density at radius 3 is 2.50 bits per heavy atom. The number of rotatable bonds is 5. The monoisotopic (exact) mass is 252 g/mol. The van der Waals surface area contributed by atoms with Crippen LogP contribution < -0.4 is 0 Å². The van der Waals surface area contributed by atoms with E-state index in [4.69, 9.17) is 9.47 Å². The number of carbonyl (C=O) groups is 2. The van der Waals surface area contributed by atoms with Crippen molar-refractivity contribution in [2.45, 2.75) is 13.8 Å². The fourth-order valence-corrected chi connectivity index (χ4v) is 1.63. The number of ketones is 1. The molecule has 1 N–H and O–H groups in total. The van der Waals surface area contributed by atoms with E-state index >= 15 is 0 Å². The molecule has 1 aromatic carbocycles. The number of ether oxygens (including phenoxy) is 2. The fourth-order valence-electron chi connectivity index (χ4n) is 1.63. The van der Waals surface area contributed by atoms with Crippen LogP contribution in [0.5, 0.6) is 5.75 Å². The van der Waals surface area contributed by atoms with Crippen LogP contribution in [0, 0.1) is 6.92 Å². The predicted molar refractivity (Wildman–Crippen MR) is 65.0 cm³/mol. The maximum atomic E-state index is 11.8. The second-order valence-corrected chi connectivity index (χ2v) is 3.82. The molecule has 0 unspecified atom stereocenters. The maximum Gasteiger partial charge on any atom is 0.342 e. The summed E-state index contributed by atoms with van der Waals surface area (Å²) in [6, 6.07) is 2.80. The number of phenols is 1. The summed E-state index contributed by atoms with van der Waals surface area (Å²) < 4.78 is 9.69. The van der Waals surface area contributed by atoms with Crippen LogP contribution in [0.15, 0.2) is 12.1 Å². The Bertz CT molecular complexity index is 465. The molecular formula is C13H16O5. The van der Waals surface area contributed by atoms with Crippen LogP contribution in [0.1, 0.15) is 33.2 Å². The first-order valence-corrected chi connectivity index (χ1v) is 5.48. The molecule has 0 atom stereocenters. The molecule has 98 valence electrons. The van der Waals surface area contributed by atoms with Crippen molar-refractivity contribution >= 4 is 11.8 Å². The van der Waals surface area contributed by atoms with Crippen molar-refractivity contribution in [1.29, 1.82) is 0 Å². The zero-order valence-corrected chi connectivity index (χ0v) is 10.6. The van der Waals surface area contributed by atoms with E-state index in [1.54, 1.807) is 6.92 Å². The third-order valence-corrected chi connectivity index (χ3v) is 2.55. The van der Waals surface area contributed by atoms with Gasteiger partial charge in [0.2, 0.25) is 0 Å². The Balaban J connectivity index is 3.03. The van der Waals surface area contributed by atoms with Crippen LogP contribution in [0.4, 0.5) is 0 Å². The van der Waals surface area contributed by atoms with Crippen LogP contribution in [-0.2, 0) is 9.47 Å². The van der Waals surface area contributed by atoms with Crippen LogP contribution >= 0.6 is 0 Å². The van der Waals surface area contributed by atoms with E-state index in [9.17, 15) is 14.7 Å². The molecule has 0 aliphatic carbocycles. The zero-order chi connectivity index (χ0) is 13.7. The first kappa shape index (κ1) is 14.2. The summed E-state index contributed by atoms with van der Waals surface area (Å²) in [6.45, 7) is 3.37. The number of benzene rings is 1. The molecular weight excluding hydrogens is 236 g/mol. The number of hydrogen-bond donors (Lipinski definition) is 1. The third-order valence-electron chi connectivity index (χ3n) is 2.55. The SMILES string of the molecule is COCCOC(=O)c1c(O)ccc(C(C)=O)c1C. The van der Waals surface area contributed by atoms with Gasteiger partial charge in [-0.3, -0.25) is 4.79 Å². The van der Waals surface area contributed by atoms with Gasteiger partial charge in [0, 0.05) is 12.7 Å². The van der Waals surface area contributed by atoms with Gasteiger partial charge in [0.15, 0.2) is 5.78 Å². The Morgan fingerprint density at radius 1 is 1.28 bits per heavy atom. The quantitative estimate of drug-likeness (QED) is 0.490. The fraction of sp³-hybridized carbons (Fsp3) is 0.385. The lowest BCUT2D eigenvalue weighted by Crippen LogP contribution is -2.13. The number of aromatic hydroxyl groups is 1. The molecule has 1 aromatic rings. The first-order valence-electron chi connectivity index (χ1n) is 5.48. The van der Waals surface area contributed by atoms with E-state index in [-0.39, 0.29) is 30.3 Å². The van der Waals surface area contributed by atoms with Crippen molar-refractivity contribution in [3.63, 3.8) is 0 Å². The lowest BCUT2D eigenvalue weighted by atomic mass is 9.99. The van der Waals surface area contributed by atoms with Gasteiger partial charge in [-0.15, -0.1) is 0 Å². The molecule has 0 amide bonds. The van der Waals surface area contributed by atoms with E-state index in [1.807, 2.05) is 0 Å². The molecule has 0 aliphatic heterocycles. The largest absolute Gasteiger partial charge is 0.507 e. The van der Waals surface area contributed by atoms with E-state index in [2.05, 4.69) is 0 Å². The average molecular weight is 252 g/mol. The highest BCUT2D eigenvalue weighted by Gasteiger charge is 2.19. The van der Waals surface area contributed by atoms with Crippen molar-refractivity contribution in [3.05, 3.63) is 28.8 Å². The minimum absolute atomic E-state index is 0.0267. The topological polar surface area (TPSA) is 72.8 Å².